The molecule has 0 N–H and O–H groups in total. The molecule has 3 atom stereocenters. The largest absolute Gasteiger partial charge is 0.444 e. The van der Waals surface area contributed by atoms with Crippen LogP contribution in [0.1, 0.15) is 95.4 Å². The van der Waals surface area contributed by atoms with E-state index in [0.717, 1.165) is 19.3 Å². The molecule has 0 aromatic carbocycles. The van der Waals surface area contributed by atoms with Gasteiger partial charge in [-0.15, -0.1) is 0 Å². The van der Waals surface area contributed by atoms with Gasteiger partial charge in [0.2, 0.25) is 0 Å². The molecule has 0 aromatic heterocycles. The molecule has 3 fully saturated rings. The van der Waals surface area contributed by atoms with Gasteiger partial charge >= 0.3 is 18.3 Å². The Bertz CT molecular complexity index is 1090. The monoisotopic (exact) mass is 758 g/mol. The van der Waals surface area contributed by atoms with E-state index in [0.29, 0.717) is 39.3 Å². The first-order valence-corrected chi connectivity index (χ1v) is 17.6. The van der Waals surface area contributed by atoms with E-state index in [9.17, 15) is 14.4 Å². The zero-order valence-electron chi connectivity index (χ0n) is 30.0. The molecule has 0 aromatic rings. The number of likely N-dealkylation sites (tertiary alicyclic amines) is 3. The fourth-order valence-corrected chi connectivity index (χ4v) is 4.43. The first kappa shape index (κ1) is 43.0. The highest BCUT2D eigenvalue weighted by molar-refractivity contribution is 14.1. The molecule has 3 rings (SSSR count). The van der Waals surface area contributed by atoms with E-state index in [2.05, 4.69) is 40.8 Å². The van der Waals surface area contributed by atoms with Crippen LogP contribution in [0.15, 0.2) is 0 Å². The second-order valence-corrected chi connectivity index (χ2v) is 15.2. The zero-order chi connectivity index (χ0) is 36.1. The lowest BCUT2D eigenvalue weighted by Crippen LogP contribution is -2.36. The first-order valence-electron chi connectivity index (χ1n) is 15.5. The summed E-state index contributed by atoms with van der Waals surface area (Å²) < 4.78 is 15.7. The summed E-state index contributed by atoms with van der Waals surface area (Å²) in [5, 5.41) is 26.5. The maximum absolute atomic E-state index is 11.7. The smallest absolute Gasteiger partial charge is 0.410 e. The maximum atomic E-state index is 11.7. The summed E-state index contributed by atoms with van der Waals surface area (Å²) in [7, 11) is 0. The van der Waals surface area contributed by atoms with Crippen molar-refractivity contribution < 1.29 is 28.6 Å². The van der Waals surface area contributed by atoms with Crippen LogP contribution in [0.2, 0.25) is 0 Å². The molecule has 3 saturated heterocycles. The molecular formula is C33H55IN6O6. The van der Waals surface area contributed by atoms with Crippen LogP contribution in [0.3, 0.4) is 0 Å². The van der Waals surface area contributed by atoms with E-state index in [1.165, 1.54) is 0 Å². The number of amides is 3. The number of nitrogens with zero attached hydrogens (tertiary/aromatic N) is 6. The van der Waals surface area contributed by atoms with Crippen molar-refractivity contribution in [3.05, 3.63) is 0 Å². The number of alkyl halides is 1. The number of hydrogen-bond acceptors (Lipinski definition) is 9. The van der Waals surface area contributed by atoms with E-state index >= 15 is 0 Å². The lowest BCUT2D eigenvalue weighted by molar-refractivity contribution is 0.0273. The summed E-state index contributed by atoms with van der Waals surface area (Å²) in [6.45, 7) is 23.6. The summed E-state index contributed by atoms with van der Waals surface area (Å²) in [4.78, 5) is 41.6. The molecule has 0 aliphatic carbocycles. The minimum absolute atomic E-state index is 0.0254. The van der Waals surface area contributed by atoms with Gasteiger partial charge in [-0.05, 0) is 100 Å². The Morgan fingerprint density at radius 1 is 0.652 bits per heavy atom. The Labute approximate surface area is 290 Å². The number of carbonyl (C=O) groups excluding carboxylic acids is 3. The van der Waals surface area contributed by atoms with E-state index in [-0.39, 0.29) is 24.2 Å². The Balaban J connectivity index is 0.000000643. The van der Waals surface area contributed by atoms with Crippen LogP contribution in [0.4, 0.5) is 14.4 Å². The van der Waals surface area contributed by atoms with Crippen molar-refractivity contribution in [2.45, 2.75) is 112 Å². The summed E-state index contributed by atoms with van der Waals surface area (Å²) in [6, 6.07) is 6.64. The van der Waals surface area contributed by atoms with E-state index in [1.807, 2.05) is 81.1 Å². The molecule has 12 nitrogen and oxygen atoms in total. The second-order valence-electron chi connectivity index (χ2n) is 15.2. The predicted molar refractivity (Wildman–Crippen MR) is 184 cm³/mol. The maximum Gasteiger partial charge on any atom is 0.410 e. The number of ether oxygens (including phenoxy) is 3. The summed E-state index contributed by atoms with van der Waals surface area (Å²) in [6.07, 6.45) is 1.26. The highest BCUT2D eigenvalue weighted by atomic mass is 127. The van der Waals surface area contributed by atoms with Crippen LogP contribution in [-0.2, 0) is 14.2 Å². The van der Waals surface area contributed by atoms with Crippen LogP contribution >= 0.6 is 22.6 Å². The minimum atomic E-state index is -0.470. The molecule has 3 aliphatic rings. The average Bonchev–Trinajstić information content (AvgIpc) is 3.67. The van der Waals surface area contributed by atoms with Crippen molar-refractivity contribution in [2.75, 3.05) is 44.2 Å². The topological polar surface area (TPSA) is 160 Å². The standard InChI is InChI=1S/2C11H18N2O2.C10H16N2O2.CH3I/c2*1-10(2,3)15-9(14)13-6-5-11(4,7-12)8-13;1-10(2,3)14-9(13)12-5-4-8(6-11)7-12;1-2/h2*5-6,8H2,1-4H3;8H,4-5,7H2,1-3H3;1H3. The number of halogens is 1. The number of rotatable bonds is 0. The van der Waals surface area contributed by atoms with E-state index in [1.54, 1.807) is 14.7 Å². The second kappa shape index (κ2) is 17.8. The van der Waals surface area contributed by atoms with Crippen LogP contribution in [0.5, 0.6) is 0 Å². The molecule has 0 spiro atoms. The fraction of sp³-hybridized carbons (Fsp3) is 0.818. The Morgan fingerprint density at radius 3 is 1.22 bits per heavy atom. The quantitative estimate of drug-likeness (QED) is 0.142. The molecule has 3 heterocycles. The molecule has 260 valence electrons. The molecule has 0 saturated carbocycles. The lowest BCUT2D eigenvalue weighted by Gasteiger charge is -2.24. The van der Waals surface area contributed by atoms with Gasteiger partial charge in [-0.1, -0.05) is 22.6 Å². The van der Waals surface area contributed by atoms with Gasteiger partial charge in [0, 0.05) is 39.3 Å². The summed E-state index contributed by atoms with van der Waals surface area (Å²) >= 11 is 2.15. The zero-order valence-corrected chi connectivity index (χ0v) is 32.1. The van der Waals surface area contributed by atoms with Crippen molar-refractivity contribution in [1.82, 2.24) is 14.7 Å². The third-order valence-corrected chi connectivity index (χ3v) is 6.81. The van der Waals surface area contributed by atoms with Gasteiger partial charge in [0.25, 0.3) is 0 Å². The third kappa shape index (κ3) is 16.5. The highest BCUT2D eigenvalue weighted by Crippen LogP contribution is 2.30. The third-order valence-electron chi connectivity index (χ3n) is 6.81. The Hall–Kier alpha value is -2.99. The van der Waals surface area contributed by atoms with Crippen molar-refractivity contribution in [1.29, 1.82) is 15.8 Å². The molecule has 3 amide bonds. The van der Waals surface area contributed by atoms with Crippen molar-refractivity contribution >= 4 is 40.9 Å². The lowest BCUT2D eigenvalue weighted by atomic mass is 9.92. The van der Waals surface area contributed by atoms with E-state index in [4.69, 9.17) is 30.0 Å². The summed E-state index contributed by atoms with van der Waals surface area (Å²) in [5.74, 6) is -0.0254. The SMILES string of the molecule is CC(C)(C)OC(=O)N1CCC(C#N)C1.CC1(C#N)CCN(C(=O)OC(C)(C)C)C1.CC1(C#N)CCN(C(=O)OC(C)(C)C)C1.CI. The van der Waals surface area contributed by atoms with Crippen LogP contribution in [0, 0.1) is 50.7 Å². The average molecular weight is 759 g/mol. The molecule has 3 aliphatic heterocycles. The van der Waals surface area contributed by atoms with Gasteiger partial charge in [-0.3, -0.25) is 0 Å². The van der Waals surface area contributed by atoms with E-state index < -0.39 is 27.6 Å². The van der Waals surface area contributed by atoms with Gasteiger partial charge in [-0.2, -0.15) is 15.8 Å². The first-order chi connectivity index (χ1) is 20.9. The number of hydrogen-bond donors (Lipinski definition) is 0. The highest BCUT2D eigenvalue weighted by Gasteiger charge is 2.39. The van der Waals surface area contributed by atoms with Gasteiger partial charge in [-0.25, -0.2) is 14.4 Å². The molecule has 0 radical (unpaired) electrons. The molecular weight excluding hydrogens is 703 g/mol. The summed E-state index contributed by atoms with van der Waals surface area (Å²) in [5.41, 5.74) is -2.21. The normalized spacial score (nSPS) is 23.9. The molecule has 0 bridgehead atoms. The molecule has 46 heavy (non-hydrogen) atoms. The van der Waals surface area contributed by atoms with Gasteiger partial charge in [0.05, 0.1) is 35.0 Å². The van der Waals surface area contributed by atoms with Crippen LogP contribution in [-0.4, -0.2) is 94.0 Å². The van der Waals surface area contributed by atoms with Crippen molar-refractivity contribution in [3.8, 4) is 18.2 Å². The van der Waals surface area contributed by atoms with Crippen LogP contribution < -0.4 is 0 Å². The minimum Gasteiger partial charge on any atom is -0.444 e. The van der Waals surface area contributed by atoms with Crippen LogP contribution in [0.25, 0.3) is 0 Å². The molecule has 3 unspecified atom stereocenters. The predicted octanol–water partition coefficient (Wildman–Crippen LogP) is 7.13. The van der Waals surface area contributed by atoms with Gasteiger partial charge in [0.1, 0.15) is 16.8 Å². The fourth-order valence-electron chi connectivity index (χ4n) is 4.43. The Morgan fingerprint density at radius 2 is 0.978 bits per heavy atom. The van der Waals surface area contributed by atoms with Crippen molar-refractivity contribution in [3.63, 3.8) is 0 Å². The number of carbonyl (C=O) groups is 3. The molecule has 13 heteroatoms. The van der Waals surface area contributed by atoms with Gasteiger partial charge < -0.3 is 28.9 Å². The van der Waals surface area contributed by atoms with Gasteiger partial charge in [0.15, 0.2) is 0 Å². The Kier molecular flexibility index (Phi) is 16.6. The van der Waals surface area contributed by atoms with Crippen molar-refractivity contribution in [2.24, 2.45) is 16.7 Å². The number of nitriles is 3.